The molecule has 2 N–H and O–H groups in total. The summed E-state index contributed by atoms with van der Waals surface area (Å²) in [5, 5.41) is 11.6. The molecular formula is C30H33ClN4O5. The number of rotatable bonds is 5. The summed E-state index contributed by atoms with van der Waals surface area (Å²) in [7, 11) is 0. The Morgan fingerprint density at radius 3 is 2.58 bits per heavy atom. The van der Waals surface area contributed by atoms with Gasteiger partial charge in [0.25, 0.3) is 5.56 Å². The molecule has 5 rings (SSSR count). The summed E-state index contributed by atoms with van der Waals surface area (Å²) in [5.74, 6) is 0.100. The van der Waals surface area contributed by atoms with Gasteiger partial charge in [0.15, 0.2) is 0 Å². The Balaban J connectivity index is 1.43. The Morgan fingerprint density at radius 2 is 1.85 bits per heavy atom. The van der Waals surface area contributed by atoms with E-state index in [1.54, 1.807) is 50.5 Å². The molecule has 0 spiro atoms. The molecule has 10 heteroatoms. The minimum atomic E-state index is -0.935. The molecule has 3 atom stereocenters. The lowest BCUT2D eigenvalue weighted by molar-refractivity contribution is -0.124. The van der Waals surface area contributed by atoms with Gasteiger partial charge in [0.2, 0.25) is 5.91 Å². The van der Waals surface area contributed by atoms with E-state index in [9.17, 15) is 14.4 Å². The summed E-state index contributed by atoms with van der Waals surface area (Å²) in [6, 6.07) is 13.2. The Labute approximate surface area is 236 Å². The van der Waals surface area contributed by atoms with E-state index in [1.807, 2.05) is 30.3 Å². The second kappa shape index (κ2) is 11.0. The molecular weight excluding hydrogens is 532 g/mol. The highest BCUT2D eigenvalue weighted by Crippen LogP contribution is 2.35. The number of alkyl carbamates (subject to hydrolysis) is 1. The number of aromatic nitrogens is 2. The molecule has 0 saturated heterocycles. The van der Waals surface area contributed by atoms with Crippen LogP contribution in [0, 0.1) is 6.92 Å². The number of hydrogen-bond donors (Lipinski definition) is 2. The molecule has 0 aliphatic heterocycles. The number of carbonyl (C=O) groups is 2. The summed E-state index contributed by atoms with van der Waals surface area (Å²) in [4.78, 5) is 39.9. The molecule has 1 fully saturated rings. The average molecular weight is 565 g/mol. The number of fused-ring (bicyclic) bond motifs is 3. The van der Waals surface area contributed by atoms with Crippen LogP contribution >= 0.6 is 11.6 Å². The highest BCUT2D eigenvalue weighted by Gasteiger charge is 2.32. The van der Waals surface area contributed by atoms with Gasteiger partial charge in [-0.05, 0) is 71.1 Å². The molecule has 2 aromatic heterocycles. The van der Waals surface area contributed by atoms with Gasteiger partial charge in [-0.25, -0.2) is 4.79 Å². The van der Waals surface area contributed by atoms with Crippen molar-refractivity contribution in [1.29, 1.82) is 0 Å². The van der Waals surface area contributed by atoms with Crippen molar-refractivity contribution in [3.05, 3.63) is 75.2 Å². The topological polar surface area (TPSA) is 115 Å². The van der Waals surface area contributed by atoms with Gasteiger partial charge >= 0.3 is 6.09 Å². The van der Waals surface area contributed by atoms with Gasteiger partial charge in [-0.1, -0.05) is 53.2 Å². The minimum Gasteiger partial charge on any atom is -0.444 e. The first-order valence-corrected chi connectivity index (χ1v) is 13.8. The molecule has 1 aliphatic rings. The average Bonchev–Trinajstić information content (AvgIpc) is 3.28. The van der Waals surface area contributed by atoms with Crippen molar-refractivity contribution in [3.8, 4) is 0 Å². The van der Waals surface area contributed by atoms with Crippen molar-refractivity contribution in [2.24, 2.45) is 0 Å². The van der Waals surface area contributed by atoms with Crippen LogP contribution in [0.1, 0.15) is 69.9 Å². The monoisotopic (exact) mass is 564 g/mol. The van der Waals surface area contributed by atoms with Gasteiger partial charge in [-0.2, -0.15) is 0 Å². The first-order valence-electron chi connectivity index (χ1n) is 13.5. The summed E-state index contributed by atoms with van der Waals surface area (Å²) in [5.41, 5.74) is 0.891. The van der Waals surface area contributed by atoms with Gasteiger partial charge in [0.05, 0.1) is 10.5 Å². The van der Waals surface area contributed by atoms with E-state index in [4.69, 9.17) is 20.9 Å². The van der Waals surface area contributed by atoms with Gasteiger partial charge < -0.3 is 24.5 Å². The van der Waals surface area contributed by atoms with E-state index in [-0.39, 0.29) is 23.6 Å². The van der Waals surface area contributed by atoms with Gasteiger partial charge in [-0.3, -0.25) is 9.59 Å². The second-order valence-corrected chi connectivity index (χ2v) is 11.7. The number of amides is 2. The van der Waals surface area contributed by atoms with E-state index in [0.717, 1.165) is 19.3 Å². The van der Waals surface area contributed by atoms with Crippen molar-refractivity contribution in [1.82, 2.24) is 20.4 Å². The van der Waals surface area contributed by atoms with Crippen molar-refractivity contribution in [3.63, 3.8) is 0 Å². The van der Waals surface area contributed by atoms with Crippen molar-refractivity contribution in [2.75, 3.05) is 0 Å². The second-order valence-electron chi connectivity index (χ2n) is 11.3. The molecule has 0 radical (unpaired) electrons. The third-order valence-electron chi connectivity index (χ3n) is 7.20. The zero-order valence-corrected chi connectivity index (χ0v) is 23.7. The predicted octanol–water partition coefficient (Wildman–Crippen LogP) is 5.97. The highest BCUT2D eigenvalue weighted by atomic mass is 35.5. The van der Waals surface area contributed by atoms with E-state index in [2.05, 4.69) is 15.8 Å². The molecule has 0 bridgehead atoms. The minimum absolute atomic E-state index is 0.180. The number of nitrogens with one attached hydrogen (secondary N) is 2. The van der Waals surface area contributed by atoms with Crippen LogP contribution in [0.15, 0.2) is 57.8 Å². The van der Waals surface area contributed by atoms with Crippen LogP contribution < -0.4 is 16.2 Å². The van der Waals surface area contributed by atoms with Crippen LogP contribution in [-0.2, 0) is 9.53 Å². The van der Waals surface area contributed by atoms with Crippen LogP contribution in [-0.4, -0.2) is 33.4 Å². The Kier molecular flexibility index (Phi) is 7.59. The van der Waals surface area contributed by atoms with Gasteiger partial charge in [0, 0.05) is 17.5 Å². The summed E-state index contributed by atoms with van der Waals surface area (Å²) >= 11 is 6.58. The standard InChI is InChI=1S/C30H33ClN4O5/c1-17-23-26(34-40-17)24-21(31)14-9-15-22(24)35(28(23)37)20-13-8-12-19(16-20)32-27(36)25(18-10-6-5-7-11-18)33-29(38)39-30(2,3)4/h5-7,9-11,14-15,19-20,25H,8,12-13,16H2,1-4H3,(H,32,36)(H,33,38)/t19-,20+,25?/m0/s1. The highest BCUT2D eigenvalue weighted by molar-refractivity contribution is 6.37. The lowest BCUT2D eigenvalue weighted by Gasteiger charge is -2.33. The van der Waals surface area contributed by atoms with E-state index in [0.29, 0.717) is 44.6 Å². The van der Waals surface area contributed by atoms with Crippen LogP contribution in [0.5, 0.6) is 0 Å². The van der Waals surface area contributed by atoms with Crippen LogP contribution in [0.25, 0.3) is 21.8 Å². The maximum absolute atomic E-state index is 13.8. The first-order chi connectivity index (χ1) is 19.0. The maximum atomic E-state index is 13.8. The number of aryl methyl sites for hydroxylation is 1. The molecule has 2 amide bonds. The third-order valence-corrected chi connectivity index (χ3v) is 7.51. The zero-order valence-electron chi connectivity index (χ0n) is 23.0. The van der Waals surface area contributed by atoms with Gasteiger partial charge in [0.1, 0.15) is 28.3 Å². The zero-order chi connectivity index (χ0) is 28.6. The number of halogens is 1. The fourth-order valence-corrected chi connectivity index (χ4v) is 5.78. The molecule has 1 aliphatic carbocycles. The number of carbonyl (C=O) groups excluding carboxylic acids is 2. The molecule has 2 heterocycles. The molecule has 9 nitrogen and oxygen atoms in total. The lowest BCUT2D eigenvalue weighted by atomic mass is 9.89. The summed E-state index contributed by atoms with van der Waals surface area (Å²) < 4.78 is 12.6. The van der Waals surface area contributed by atoms with E-state index < -0.39 is 17.7 Å². The predicted molar refractivity (Wildman–Crippen MR) is 154 cm³/mol. The van der Waals surface area contributed by atoms with Crippen LogP contribution in [0.3, 0.4) is 0 Å². The maximum Gasteiger partial charge on any atom is 0.408 e. The van der Waals surface area contributed by atoms with E-state index >= 15 is 0 Å². The molecule has 4 aromatic rings. The Bertz CT molecular complexity index is 1620. The third kappa shape index (κ3) is 5.56. The largest absolute Gasteiger partial charge is 0.444 e. The van der Waals surface area contributed by atoms with Crippen molar-refractivity contribution in [2.45, 2.75) is 77.1 Å². The van der Waals surface area contributed by atoms with Crippen molar-refractivity contribution < 1.29 is 18.8 Å². The lowest BCUT2D eigenvalue weighted by Crippen LogP contribution is -2.47. The summed E-state index contributed by atoms with van der Waals surface area (Å²) in [6.45, 7) is 7.02. The summed E-state index contributed by atoms with van der Waals surface area (Å²) in [6.07, 6.45) is 2.18. The Morgan fingerprint density at radius 1 is 1.10 bits per heavy atom. The number of hydrogen-bond acceptors (Lipinski definition) is 6. The van der Waals surface area contributed by atoms with Crippen LogP contribution in [0.2, 0.25) is 5.02 Å². The SMILES string of the molecule is Cc1onc2c1c(=O)n([C@@H]1CCC[C@H](NC(=O)C(NC(=O)OC(C)(C)C)c3ccccc3)C1)c1cccc(Cl)c21. The fraction of sp³-hybridized carbons (Fsp3) is 0.400. The van der Waals surface area contributed by atoms with Gasteiger partial charge in [-0.15, -0.1) is 0 Å². The Hall–Kier alpha value is -3.85. The number of benzene rings is 2. The molecule has 2 aromatic carbocycles. The van der Waals surface area contributed by atoms with Crippen molar-refractivity contribution >= 4 is 45.4 Å². The fourth-order valence-electron chi connectivity index (χ4n) is 5.52. The number of ether oxygens (including phenoxy) is 1. The first kappa shape index (κ1) is 27.7. The quantitative estimate of drug-likeness (QED) is 0.308. The molecule has 40 heavy (non-hydrogen) atoms. The normalized spacial score (nSPS) is 18.4. The number of nitrogens with zero attached hydrogens (tertiary/aromatic N) is 2. The smallest absolute Gasteiger partial charge is 0.408 e. The van der Waals surface area contributed by atoms with E-state index in [1.165, 1.54) is 0 Å². The molecule has 210 valence electrons. The molecule has 1 saturated carbocycles. The number of pyridine rings is 1. The molecule has 1 unspecified atom stereocenters. The van der Waals surface area contributed by atoms with Crippen LogP contribution in [0.4, 0.5) is 4.79 Å².